The van der Waals surface area contributed by atoms with Crippen molar-refractivity contribution in [1.29, 1.82) is 0 Å². The SMILES string of the molecule is c1ccc(-c2ccccc2N(c2ccc(-c3cccc(-c4ccc5ccccc5c4)c3)cc2)c2ccccc2-c2ccc3oc4ccccc4c3c2)cc1. The second-order valence-electron chi connectivity index (χ2n) is 13.7. The number of anilines is 3. The van der Waals surface area contributed by atoms with Gasteiger partial charge in [-0.05, 0) is 98.8 Å². The summed E-state index contributed by atoms with van der Waals surface area (Å²) in [6, 6.07) is 76.0. The highest BCUT2D eigenvalue weighted by Crippen LogP contribution is 2.45. The first-order valence-electron chi connectivity index (χ1n) is 18.4. The van der Waals surface area contributed by atoms with Crippen LogP contribution >= 0.6 is 0 Å². The number of rotatable bonds is 7. The molecule has 254 valence electrons. The molecule has 0 saturated heterocycles. The largest absolute Gasteiger partial charge is 0.456 e. The van der Waals surface area contributed by atoms with Gasteiger partial charge in [-0.15, -0.1) is 0 Å². The van der Waals surface area contributed by atoms with Crippen molar-refractivity contribution in [2.45, 2.75) is 0 Å². The van der Waals surface area contributed by atoms with Crippen LogP contribution in [0.25, 0.3) is 77.2 Å². The first-order valence-corrected chi connectivity index (χ1v) is 18.4. The average Bonchev–Trinajstić information content (AvgIpc) is 3.63. The summed E-state index contributed by atoms with van der Waals surface area (Å²) >= 11 is 0. The molecule has 2 heteroatoms. The van der Waals surface area contributed by atoms with Crippen LogP contribution < -0.4 is 4.90 Å². The molecule has 10 aromatic rings. The number of para-hydroxylation sites is 3. The molecule has 0 fully saturated rings. The summed E-state index contributed by atoms with van der Waals surface area (Å²) in [5.74, 6) is 0. The fourth-order valence-corrected chi connectivity index (χ4v) is 7.79. The van der Waals surface area contributed by atoms with E-state index in [0.717, 1.165) is 55.7 Å². The van der Waals surface area contributed by atoms with Gasteiger partial charge in [0.15, 0.2) is 0 Å². The van der Waals surface area contributed by atoms with E-state index in [2.05, 4.69) is 205 Å². The Morgan fingerprint density at radius 3 is 1.65 bits per heavy atom. The summed E-state index contributed by atoms with van der Waals surface area (Å²) in [4.78, 5) is 2.41. The van der Waals surface area contributed by atoms with E-state index in [4.69, 9.17) is 4.42 Å². The minimum atomic E-state index is 0.893. The zero-order valence-corrected chi connectivity index (χ0v) is 29.6. The topological polar surface area (TPSA) is 16.4 Å². The van der Waals surface area contributed by atoms with Gasteiger partial charge in [-0.25, -0.2) is 0 Å². The van der Waals surface area contributed by atoms with Crippen LogP contribution in [0, 0.1) is 0 Å². The lowest BCUT2D eigenvalue weighted by Crippen LogP contribution is -2.12. The molecule has 0 aliphatic heterocycles. The van der Waals surface area contributed by atoms with Gasteiger partial charge < -0.3 is 9.32 Å². The Morgan fingerprint density at radius 1 is 0.296 bits per heavy atom. The fourth-order valence-electron chi connectivity index (χ4n) is 7.79. The first-order chi connectivity index (χ1) is 26.8. The van der Waals surface area contributed by atoms with Crippen molar-refractivity contribution < 1.29 is 4.42 Å². The molecule has 0 radical (unpaired) electrons. The molecule has 2 nitrogen and oxygen atoms in total. The van der Waals surface area contributed by atoms with Crippen LogP contribution in [0.4, 0.5) is 17.1 Å². The minimum Gasteiger partial charge on any atom is -0.456 e. The number of nitrogens with zero attached hydrogens (tertiary/aromatic N) is 1. The number of furan rings is 1. The maximum atomic E-state index is 6.21. The van der Waals surface area contributed by atoms with Gasteiger partial charge in [-0.2, -0.15) is 0 Å². The average molecular weight is 690 g/mol. The lowest BCUT2D eigenvalue weighted by molar-refractivity contribution is 0.669. The molecule has 0 aliphatic carbocycles. The molecule has 0 saturated carbocycles. The zero-order valence-electron chi connectivity index (χ0n) is 29.6. The van der Waals surface area contributed by atoms with E-state index in [-0.39, 0.29) is 0 Å². The summed E-state index contributed by atoms with van der Waals surface area (Å²) in [7, 11) is 0. The van der Waals surface area contributed by atoms with Gasteiger partial charge in [0.05, 0.1) is 11.4 Å². The van der Waals surface area contributed by atoms with Crippen molar-refractivity contribution in [3.8, 4) is 44.5 Å². The molecule has 1 aromatic heterocycles. The van der Waals surface area contributed by atoms with E-state index in [1.54, 1.807) is 0 Å². The summed E-state index contributed by atoms with van der Waals surface area (Å²) < 4.78 is 6.21. The second-order valence-corrected chi connectivity index (χ2v) is 13.7. The third-order valence-corrected chi connectivity index (χ3v) is 10.5. The predicted octanol–water partition coefficient (Wildman–Crippen LogP) is 14.9. The van der Waals surface area contributed by atoms with E-state index in [9.17, 15) is 0 Å². The van der Waals surface area contributed by atoms with E-state index >= 15 is 0 Å². The van der Waals surface area contributed by atoms with E-state index < -0.39 is 0 Å². The van der Waals surface area contributed by atoms with Crippen molar-refractivity contribution >= 4 is 49.8 Å². The van der Waals surface area contributed by atoms with Crippen molar-refractivity contribution in [2.75, 3.05) is 4.90 Å². The van der Waals surface area contributed by atoms with Crippen LogP contribution in [0.2, 0.25) is 0 Å². The lowest BCUT2D eigenvalue weighted by atomic mass is 9.96. The molecule has 54 heavy (non-hydrogen) atoms. The summed E-state index contributed by atoms with van der Waals surface area (Å²) in [5, 5.41) is 4.74. The molecule has 0 amide bonds. The van der Waals surface area contributed by atoms with Crippen LogP contribution in [-0.2, 0) is 0 Å². The Morgan fingerprint density at radius 2 is 0.852 bits per heavy atom. The summed E-state index contributed by atoms with van der Waals surface area (Å²) in [5.41, 5.74) is 14.5. The first kappa shape index (κ1) is 31.6. The van der Waals surface area contributed by atoms with Gasteiger partial charge in [-0.3, -0.25) is 0 Å². The van der Waals surface area contributed by atoms with Gasteiger partial charge in [0, 0.05) is 27.6 Å². The predicted molar refractivity (Wildman–Crippen MR) is 228 cm³/mol. The monoisotopic (exact) mass is 689 g/mol. The van der Waals surface area contributed by atoms with Crippen LogP contribution in [0.3, 0.4) is 0 Å². The fraction of sp³-hybridized carbons (Fsp3) is 0. The van der Waals surface area contributed by atoms with Gasteiger partial charge in [0.2, 0.25) is 0 Å². The van der Waals surface area contributed by atoms with Crippen molar-refractivity contribution in [3.05, 3.63) is 212 Å². The molecule has 0 N–H and O–H groups in total. The van der Waals surface area contributed by atoms with Crippen LogP contribution in [-0.4, -0.2) is 0 Å². The van der Waals surface area contributed by atoms with Gasteiger partial charge >= 0.3 is 0 Å². The van der Waals surface area contributed by atoms with Crippen molar-refractivity contribution in [2.24, 2.45) is 0 Å². The molecule has 0 aliphatic rings. The Bertz CT molecular complexity index is 2940. The van der Waals surface area contributed by atoms with Crippen LogP contribution in [0.5, 0.6) is 0 Å². The third-order valence-electron chi connectivity index (χ3n) is 10.5. The molecule has 0 spiro atoms. The quantitative estimate of drug-likeness (QED) is 0.166. The summed E-state index contributed by atoms with van der Waals surface area (Å²) in [6.07, 6.45) is 0. The van der Waals surface area contributed by atoms with Crippen molar-refractivity contribution in [1.82, 2.24) is 0 Å². The van der Waals surface area contributed by atoms with Crippen LogP contribution in [0.1, 0.15) is 0 Å². The smallest absolute Gasteiger partial charge is 0.135 e. The number of hydrogen-bond donors (Lipinski definition) is 0. The molecule has 0 unspecified atom stereocenters. The molecule has 0 atom stereocenters. The Balaban J connectivity index is 1.10. The molecular weight excluding hydrogens is 655 g/mol. The summed E-state index contributed by atoms with van der Waals surface area (Å²) in [6.45, 7) is 0. The normalized spacial score (nSPS) is 11.3. The lowest BCUT2D eigenvalue weighted by Gasteiger charge is -2.30. The van der Waals surface area contributed by atoms with Crippen LogP contribution in [0.15, 0.2) is 217 Å². The van der Waals surface area contributed by atoms with E-state index in [1.165, 1.54) is 38.6 Å². The van der Waals surface area contributed by atoms with Gasteiger partial charge in [-0.1, -0.05) is 158 Å². The standard InChI is InChI=1S/C52H35NO/c1-2-14-38(15-3-1)45-19-6-9-22-49(45)53(50-23-10-7-20-46(50)43-29-32-52-48(35-43)47-21-8-11-24-51(47)54-52)44-30-27-37(28-31-44)40-17-12-18-41(33-40)42-26-25-36-13-4-5-16-39(36)34-42/h1-35H. The Hall–Kier alpha value is -7.16. The molecular formula is C52H35NO. The number of fused-ring (bicyclic) bond motifs is 4. The minimum absolute atomic E-state index is 0.893. The highest BCUT2D eigenvalue weighted by molar-refractivity contribution is 6.07. The van der Waals surface area contributed by atoms with E-state index in [1.807, 2.05) is 12.1 Å². The zero-order chi connectivity index (χ0) is 35.8. The molecule has 1 heterocycles. The van der Waals surface area contributed by atoms with Gasteiger partial charge in [0.1, 0.15) is 11.2 Å². The highest BCUT2D eigenvalue weighted by Gasteiger charge is 2.21. The Labute approximate surface area is 314 Å². The number of hydrogen-bond acceptors (Lipinski definition) is 2. The van der Waals surface area contributed by atoms with E-state index in [0.29, 0.717) is 0 Å². The third kappa shape index (κ3) is 5.71. The maximum Gasteiger partial charge on any atom is 0.135 e. The maximum absolute atomic E-state index is 6.21. The Kier molecular flexibility index (Phi) is 7.85. The molecule has 0 bridgehead atoms. The highest BCUT2D eigenvalue weighted by atomic mass is 16.3. The number of benzene rings is 9. The van der Waals surface area contributed by atoms with Gasteiger partial charge in [0.25, 0.3) is 0 Å². The molecule has 9 aromatic carbocycles. The van der Waals surface area contributed by atoms with Crippen molar-refractivity contribution in [3.63, 3.8) is 0 Å². The molecule has 10 rings (SSSR count). The second kappa shape index (κ2) is 13.4.